The average Bonchev–Trinajstić information content (AvgIpc) is 2.50. The lowest BCUT2D eigenvalue weighted by atomic mass is 10.0. The lowest BCUT2D eigenvalue weighted by Gasteiger charge is -2.18. The summed E-state index contributed by atoms with van der Waals surface area (Å²) in [4.78, 5) is 11.2. The smallest absolute Gasteiger partial charge is 0.261 e. The first-order chi connectivity index (χ1) is 10.8. The van der Waals surface area contributed by atoms with Gasteiger partial charge in [-0.15, -0.1) is 0 Å². The number of anilines is 2. The molecule has 0 radical (unpaired) electrons. The molecule has 0 aliphatic carbocycles. The van der Waals surface area contributed by atoms with Crippen molar-refractivity contribution in [2.24, 2.45) is 0 Å². The zero-order valence-electron chi connectivity index (χ0n) is 11.8. The van der Waals surface area contributed by atoms with E-state index in [2.05, 4.69) is 5.32 Å². The molecule has 2 aromatic carbocycles. The summed E-state index contributed by atoms with van der Waals surface area (Å²) in [6.07, 6.45) is 0.682. The van der Waals surface area contributed by atoms with Gasteiger partial charge < -0.3 is 5.32 Å². The molecule has 120 valence electrons. The maximum Gasteiger partial charge on any atom is 0.261 e. The molecular weight excluding hydrogens is 326 g/mol. The van der Waals surface area contributed by atoms with E-state index >= 15 is 0 Å². The molecular formula is C15H12F2N2O3S. The second-order valence-electron chi connectivity index (χ2n) is 5.10. The molecule has 5 nitrogen and oxygen atoms in total. The minimum Gasteiger partial charge on any atom is -0.326 e. The fourth-order valence-corrected chi connectivity index (χ4v) is 3.41. The molecule has 0 fully saturated rings. The van der Waals surface area contributed by atoms with E-state index in [0.717, 1.165) is 18.2 Å². The normalized spacial score (nSPS) is 14.1. The first kappa shape index (κ1) is 15.4. The van der Waals surface area contributed by atoms with Crippen molar-refractivity contribution in [3.05, 3.63) is 53.6 Å². The molecule has 1 heterocycles. The Bertz CT molecular complexity index is 898. The van der Waals surface area contributed by atoms with Crippen LogP contribution in [0.25, 0.3) is 0 Å². The van der Waals surface area contributed by atoms with Crippen molar-refractivity contribution in [2.75, 3.05) is 10.0 Å². The van der Waals surface area contributed by atoms with Crippen LogP contribution in [0.3, 0.4) is 0 Å². The summed E-state index contributed by atoms with van der Waals surface area (Å²) in [5, 5.41) is 2.64. The molecule has 0 aromatic heterocycles. The average molecular weight is 338 g/mol. The predicted molar refractivity (Wildman–Crippen MR) is 80.6 cm³/mol. The Labute approximate surface area is 131 Å². The molecule has 2 aromatic rings. The molecule has 0 atom stereocenters. The number of sulfonamides is 1. The Morgan fingerprint density at radius 2 is 1.83 bits per heavy atom. The highest BCUT2D eigenvalue weighted by Crippen LogP contribution is 2.27. The molecule has 8 heteroatoms. The van der Waals surface area contributed by atoms with Gasteiger partial charge in [0, 0.05) is 18.2 Å². The first-order valence-electron chi connectivity index (χ1n) is 6.76. The fraction of sp³-hybridized carbons (Fsp3) is 0.133. The van der Waals surface area contributed by atoms with Crippen molar-refractivity contribution in [1.82, 2.24) is 0 Å². The number of nitrogens with one attached hydrogen (secondary N) is 2. The van der Waals surface area contributed by atoms with Crippen LogP contribution in [0.15, 0.2) is 41.3 Å². The van der Waals surface area contributed by atoms with E-state index in [9.17, 15) is 22.0 Å². The van der Waals surface area contributed by atoms with Crippen LogP contribution in [0.1, 0.15) is 12.0 Å². The third-order valence-corrected chi connectivity index (χ3v) is 4.82. The van der Waals surface area contributed by atoms with E-state index in [-0.39, 0.29) is 17.2 Å². The summed E-state index contributed by atoms with van der Waals surface area (Å²) >= 11 is 0. The third kappa shape index (κ3) is 3.16. The van der Waals surface area contributed by atoms with Gasteiger partial charge in [-0.05, 0) is 42.3 Å². The van der Waals surface area contributed by atoms with Gasteiger partial charge in [0.2, 0.25) is 5.91 Å². The Balaban J connectivity index is 1.94. The Morgan fingerprint density at radius 3 is 2.61 bits per heavy atom. The monoisotopic (exact) mass is 338 g/mol. The number of hydrogen-bond acceptors (Lipinski definition) is 3. The number of carbonyl (C=O) groups excluding carboxylic acids is 1. The van der Waals surface area contributed by atoms with Crippen LogP contribution in [0.4, 0.5) is 20.2 Å². The van der Waals surface area contributed by atoms with Crippen LogP contribution in [-0.4, -0.2) is 14.3 Å². The summed E-state index contributed by atoms with van der Waals surface area (Å²) in [6, 6.07) is 6.69. The van der Waals surface area contributed by atoms with Gasteiger partial charge >= 0.3 is 0 Å². The number of hydrogen-bond donors (Lipinski definition) is 2. The quantitative estimate of drug-likeness (QED) is 0.903. The van der Waals surface area contributed by atoms with E-state index in [0.29, 0.717) is 17.7 Å². The topological polar surface area (TPSA) is 75.3 Å². The Morgan fingerprint density at radius 1 is 1.04 bits per heavy atom. The summed E-state index contributed by atoms with van der Waals surface area (Å²) in [5.74, 6) is -1.76. The fourth-order valence-electron chi connectivity index (χ4n) is 2.31. The van der Waals surface area contributed by atoms with Gasteiger partial charge in [0.1, 0.15) is 11.6 Å². The number of halogens is 2. The first-order valence-corrected chi connectivity index (χ1v) is 8.24. The summed E-state index contributed by atoms with van der Waals surface area (Å²) in [6.45, 7) is 0. The third-order valence-electron chi connectivity index (χ3n) is 3.46. The van der Waals surface area contributed by atoms with Crippen LogP contribution in [0, 0.1) is 11.6 Å². The molecule has 1 aliphatic heterocycles. The maximum absolute atomic E-state index is 13.6. The van der Waals surface area contributed by atoms with Crippen LogP contribution >= 0.6 is 0 Å². The summed E-state index contributed by atoms with van der Waals surface area (Å²) in [5.41, 5.74) is 0.764. The van der Waals surface area contributed by atoms with Crippen LogP contribution in [-0.2, 0) is 21.2 Å². The number of aryl methyl sites for hydroxylation is 1. The maximum atomic E-state index is 13.6. The zero-order chi connectivity index (χ0) is 16.6. The molecule has 1 amide bonds. The van der Waals surface area contributed by atoms with Crippen LogP contribution in [0.2, 0.25) is 0 Å². The van der Waals surface area contributed by atoms with Crippen molar-refractivity contribution in [3.8, 4) is 0 Å². The van der Waals surface area contributed by atoms with E-state index < -0.39 is 27.3 Å². The molecule has 0 unspecified atom stereocenters. The Hall–Kier alpha value is -2.48. The van der Waals surface area contributed by atoms with Crippen molar-refractivity contribution >= 4 is 27.3 Å². The largest absolute Gasteiger partial charge is 0.326 e. The number of carbonyl (C=O) groups is 1. The van der Waals surface area contributed by atoms with Gasteiger partial charge in [-0.3, -0.25) is 9.52 Å². The number of fused-ring (bicyclic) bond motifs is 1. The molecule has 23 heavy (non-hydrogen) atoms. The van der Waals surface area contributed by atoms with Crippen molar-refractivity contribution < 1.29 is 22.0 Å². The second-order valence-corrected chi connectivity index (χ2v) is 6.78. The van der Waals surface area contributed by atoms with Crippen LogP contribution < -0.4 is 10.0 Å². The zero-order valence-corrected chi connectivity index (χ0v) is 12.6. The van der Waals surface area contributed by atoms with E-state index in [1.54, 1.807) is 0 Å². The van der Waals surface area contributed by atoms with E-state index in [1.165, 1.54) is 18.2 Å². The number of amides is 1. The summed E-state index contributed by atoms with van der Waals surface area (Å²) < 4.78 is 53.4. The highest BCUT2D eigenvalue weighted by Gasteiger charge is 2.21. The lowest BCUT2D eigenvalue weighted by molar-refractivity contribution is -0.116. The second kappa shape index (κ2) is 5.62. The van der Waals surface area contributed by atoms with Gasteiger partial charge in [0.15, 0.2) is 0 Å². The van der Waals surface area contributed by atoms with Crippen LogP contribution in [0.5, 0.6) is 0 Å². The number of benzene rings is 2. The minimum atomic E-state index is -4.07. The van der Waals surface area contributed by atoms with Gasteiger partial charge in [0.05, 0.1) is 10.6 Å². The molecule has 0 spiro atoms. The molecule has 0 bridgehead atoms. The molecule has 2 N–H and O–H groups in total. The molecule has 3 rings (SSSR count). The van der Waals surface area contributed by atoms with Gasteiger partial charge in [0.25, 0.3) is 10.0 Å². The minimum absolute atomic E-state index is 0.0870. The Kier molecular flexibility index (Phi) is 3.77. The van der Waals surface area contributed by atoms with Gasteiger partial charge in [-0.25, -0.2) is 17.2 Å². The van der Waals surface area contributed by atoms with E-state index in [4.69, 9.17) is 0 Å². The highest BCUT2D eigenvalue weighted by atomic mass is 32.2. The SMILES string of the molecule is O=C1CCc2cc(S(=O)(=O)Nc3cc(F)ccc3F)ccc2N1. The van der Waals surface area contributed by atoms with Gasteiger partial charge in [-0.1, -0.05) is 0 Å². The molecule has 0 saturated carbocycles. The lowest BCUT2D eigenvalue weighted by Crippen LogP contribution is -2.20. The van der Waals surface area contributed by atoms with Gasteiger partial charge in [-0.2, -0.15) is 0 Å². The summed E-state index contributed by atoms with van der Waals surface area (Å²) in [7, 11) is -4.07. The van der Waals surface area contributed by atoms with Crippen molar-refractivity contribution in [3.63, 3.8) is 0 Å². The molecule has 0 saturated heterocycles. The van der Waals surface area contributed by atoms with Crippen molar-refractivity contribution in [2.45, 2.75) is 17.7 Å². The highest BCUT2D eigenvalue weighted by molar-refractivity contribution is 7.92. The number of rotatable bonds is 3. The van der Waals surface area contributed by atoms with E-state index in [1.807, 2.05) is 4.72 Å². The predicted octanol–water partition coefficient (Wildman–Crippen LogP) is 2.65. The standard InChI is InChI=1S/C15H12F2N2O3S/c16-10-2-4-12(17)14(8-10)19-23(21,22)11-3-5-13-9(7-11)1-6-15(20)18-13/h2-5,7-8,19H,1,6H2,(H,18,20). The molecule has 1 aliphatic rings. The van der Waals surface area contributed by atoms with Crippen molar-refractivity contribution in [1.29, 1.82) is 0 Å².